The summed E-state index contributed by atoms with van der Waals surface area (Å²) in [5.41, 5.74) is 3.93. The van der Waals surface area contributed by atoms with Crippen LogP contribution in [-0.2, 0) is 13.1 Å². The first-order valence-electron chi connectivity index (χ1n) is 7.25. The van der Waals surface area contributed by atoms with Crippen LogP contribution in [0.4, 0.5) is 5.69 Å². The number of furan rings is 1. The Morgan fingerprint density at radius 3 is 2.86 bits per heavy atom. The third kappa shape index (κ3) is 3.45. The number of nitrogens with one attached hydrogen (secondary N) is 1. The zero-order chi connectivity index (χ0) is 14.7. The molecule has 1 heterocycles. The van der Waals surface area contributed by atoms with Crippen LogP contribution in [0, 0.1) is 11.3 Å². The van der Waals surface area contributed by atoms with E-state index in [2.05, 4.69) is 22.4 Å². The summed E-state index contributed by atoms with van der Waals surface area (Å²) < 4.78 is 5.09. The maximum Gasteiger partial charge on any atom is 0.101 e. The lowest BCUT2D eigenvalue weighted by Gasteiger charge is -2.20. The van der Waals surface area contributed by atoms with Crippen LogP contribution in [0.5, 0.6) is 0 Å². The molecule has 0 atom stereocenters. The van der Waals surface area contributed by atoms with Gasteiger partial charge in [0.2, 0.25) is 0 Å². The molecule has 1 aromatic heterocycles. The molecule has 0 aliphatic heterocycles. The van der Waals surface area contributed by atoms with E-state index in [-0.39, 0.29) is 0 Å². The zero-order valence-electron chi connectivity index (χ0n) is 12.2. The van der Waals surface area contributed by atoms with E-state index in [1.54, 1.807) is 12.5 Å². The van der Waals surface area contributed by atoms with Crippen molar-refractivity contribution in [1.82, 2.24) is 5.32 Å². The molecule has 0 bridgehead atoms. The summed E-state index contributed by atoms with van der Waals surface area (Å²) in [5.74, 6) is 0. The molecule has 4 nitrogen and oxygen atoms in total. The highest BCUT2D eigenvalue weighted by Crippen LogP contribution is 2.23. The van der Waals surface area contributed by atoms with Gasteiger partial charge >= 0.3 is 0 Å². The van der Waals surface area contributed by atoms with Crippen molar-refractivity contribution in [2.45, 2.75) is 32.0 Å². The third-order valence-corrected chi connectivity index (χ3v) is 3.76. The van der Waals surface area contributed by atoms with Gasteiger partial charge in [-0.05, 0) is 36.6 Å². The monoisotopic (exact) mass is 281 g/mol. The largest absolute Gasteiger partial charge is 0.472 e. The second-order valence-electron chi connectivity index (χ2n) is 5.61. The molecule has 0 spiro atoms. The summed E-state index contributed by atoms with van der Waals surface area (Å²) in [6.45, 7) is 1.57. The molecule has 0 amide bonds. The van der Waals surface area contributed by atoms with Crippen molar-refractivity contribution in [3.8, 4) is 6.07 Å². The predicted octanol–water partition coefficient (Wildman–Crippen LogP) is 3.04. The van der Waals surface area contributed by atoms with Gasteiger partial charge in [-0.3, -0.25) is 0 Å². The lowest BCUT2D eigenvalue weighted by Crippen LogP contribution is -2.18. The summed E-state index contributed by atoms with van der Waals surface area (Å²) in [7, 11) is 1.99. The zero-order valence-corrected chi connectivity index (χ0v) is 12.2. The van der Waals surface area contributed by atoms with Gasteiger partial charge in [-0.25, -0.2) is 0 Å². The van der Waals surface area contributed by atoms with Crippen LogP contribution >= 0.6 is 0 Å². The highest BCUT2D eigenvalue weighted by atomic mass is 16.3. The molecule has 0 radical (unpaired) electrons. The van der Waals surface area contributed by atoms with Crippen molar-refractivity contribution < 1.29 is 4.42 Å². The molecule has 3 rings (SSSR count). The fraction of sp³-hybridized carbons (Fsp3) is 0.353. The number of anilines is 1. The molecule has 0 unspecified atom stereocenters. The molecule has 2 aromatic rings. The predicted molar refractivity (Wildman–Crippen MR) is 81.8 cm³/mol. The van der Waals surface area contributed by atoms with Gasteiger partial charge in [-0.1, -0.05) is 6.07 Å². The highest BCUT2D eigenvalue weighted by Gasteiger charge is 2.20. The second kappa shape index (κ2) is 6.02. The first kappa shape index (κ1) is 13.7. The Kier molecular flexibility index (Phi) is 3.94. The first-order valence-corrected chi connectivity index (χ1v) is 7.25. The summed E-state index contributed by atoms with van der Waals surface area (Å²) in [5, 5.41) is 12.9. The van der Waals surface area contributed by atoms with E-state index in [9.17, 15) is 5.26 Å². The van der Waals surface area contributed by atoms with E-state index < -0.39 is 0 Å². The minimum absolute atomic E-state index is 0.680. The third-order valence-electron chi connectivity index (χ3n) is 3.76. The summed E-state index contributed by atoms with van der Waals surface area (Å²) in [6.07, 6.45) is 5.95. The van der Waals surface area contributed by atoms with E-state index in [4.69, 9.17) is 4.42 Å². The van der Waals surface area contributed by atoms with Gasteiger partial charge in [0.05, 0.1) is 23.8 Å². The summed E-state index contributed by atoms with van der Waals surface area (Å²) in [4.78, 5) is 2.07. The number of benzene rings is 1. The molecule has 1 aliphatic rings. The second-order valence-corrected chi connectivity index (χ2v) is 5.61. The van der Waals surface area contributed by atoms with Gasteiger partial charge < -0.3 is 14.6 Å². The van der Waals surface area contributed by atoms with Crippen molar-refractivity contribution in [2.75, 3.05) is 11.9 Å². The Balaban J connectivity index is 1.72. The van der Waals surface area contributed by atoms with E-state index >= 15 is 0 Å². The smallest absolute Gasteiger partial charge is 0.101 e. The normalized spacial score (nSPS) is 13.9. The quantitative estimate of drug-likeness (QED) is 0.884. The first-order chi connectivity index (χ1) is 10.3. The van der Waals surface area contributed by atoms with E-state index in [0.717, 1.165) is 29.9 Å². The number of hydrogen-bond donors (Lipinski definition) is 1. The fourth-order valence-electron chi connectivity index (χ4n) is 2.41. The molecule has 1 N–H and O–H groups in total. The van der Waals surface area contributed by atoms with Gasteiger partial charge in [0.1, 0.15) is 6.07 Å². The Hall–Kier alpha value is -2.25. The van der Waals surface area contributed by atoms with Crippen molar-refractivity contribution in [2.24, 2.45) is 0 Å². The van der Waals surface area contributed by atoms with Gasteiger partial charge in [-0.15, -0.1) is 0 Å². The SMILES string of the molecule is CN(Cc1ccoc1)c1ccc(CNC2CC2)cc1C#N. The van der Waals surface area contributed by atoms with Crippen LogP contribution < -0.4 is 10.2 Å². The highest BCUT2D eigenvalue weighted by molar-refractivity contribution is 5.60. The molecule has 4 heteroatoms. The van der Waals surface area contributed by atoms with Crippen molar-refractivity contribution in [3.05, 3.63) is 53.5 Å². The topological polar surface area (TPSA) is 52.2 Å². The summed E-state index contributed by atoms with van der Waals surface area (Å²) in [6, 6.07) is 11.0. The molecule has 21 heavy (non-hydrogen) atoms. The molecule has 1 fully saturated rings. The standard InChI is InChI=1S/C17H19N3O/c1-20(11-14-6-7-21-12-14)17-5-2-13(8-15(17)9-18)10-19-16-3-4-16/h2,5-8,12,16,19H,3-4,10-11H2,1H3. The van der Waals surface area contributed by atoms with Crippen LogP contribution in [0.3, 0.4) is 0 Å². The lowest BCUT2D eigenvalue weighted by atomic mass is 10.1. The van der Waals surface area contributed by atoms with Gasteiger partial charge in [0.15, 0.2) is 0 Å². The summed E-state index contributed by atoms with van der Waals surface area (Å²) >= 11 is 0. The van der Waals surface area contributed by atoms with Gasteiger partial charge in [-0.2, -0.15) is 5.26 Å². The maximum atomic E-state index is 9.39. The number of hydrogen-bond acceptors (Lipinski definition) is 4. The minimum Gasteiger partial charge on any atom is -0.472 e. The Morgan fingerprint density at radius 1 is 1.33 bits per heavy atom. The molecule has 1 aliphatic carbocycles. The molecular weight excluding hydrogens is 262 g/mol. The molecule has 1 saturated carbocycles. The lowest BCUT2D eigenvalue weighted by molar-refractivity contribution is 0.563. The van der Waals surface area contributed by atoms with E-state index in [0.29, 0.717) is 6.04 Å². The number of nitrogens with zero attached hydrogens (tertiary/aromatic N) is 2. The minimum atomic E-state index is 0.680. The Labute approximate surface area is 125 Å². The molecule has 0 saturated heterocycles. The van der Waals surface area contributed by atoms with E-state index in [1.165, 1.54) is 18.4 Å². The van der Waals surface area contributed by atoms with E-state index in [1.807, 2.05) is 25.2 Å². The molecular formula is C17H19N3O. The molecule has 108 valence electrons. The average Bonchev–Trinajstić information content (AvgIpc) is 3.20. The molecule has 1 aromatic carbocycles. The van der Waals surface area contributed by atoms with Crippen LogP contribution in [0.15, 0.2) is 41.2 Å². The van der Waals surface area contributed by atoms with Crippen molar-refractivity contribution in [3.63, 3.8) is 0 Å². The van der Waals surface area contributed by atoms with Crippen LogP contribution in [0.2, 0.25) is 0 Å². The average molecular weight is 281 g/mol. The van der Waals surface area contributed by atoms with Gasteiger partial charge in [0, 0.05) is 31.7 Å². The van der Waals surface area contributed by atoms with Crippen LogP contribution in [0.25, 0.3) is 0 Å². The van der Waals surface area contributed by atoms with Gasteiger partial charge in [0.25, 0.3) is 0 Å². The fourth-order valence-corrected chi connectivity index (χ4v) is 2.41. The Morgan fingerprint density at radius 2 is 2.19 bits per heavy atom. The van der Waals surface area contributed by atoms with Crippen LogP contribution in [0.1, 0.15) is 29.5 Å². The van der Waals surface area contributed by atoms with Crippen molar-refractivity contribution in [1.29, 1.82) is 5.26 Å². The van der Waals surface area contributed by atoms with Crippen molar-refractivity contribution >= 4 is 5.69 Å². The van der Waals surface area contributed by atoms with Crippen LogP contribution in [-0.4, -0.2) is 13.1 Å². The number of rotatable bonds is 6. The number of nitriles is 1. The maximum absolute atomic E-state index is 9.39. The Bertz CT molecular complexity index is 639.